The van der Waals surface area contributed by atoms with Gasteiger partial charge in [0.25, 0.3) is 0 Å². The zero-order valence-corrected chi connectivity index (χ0v) is 19.1. The van der Waals surface area contributed by atoms with Gasteiger partial charge in [0, 0.05) is 0 Å². The second-order valence-corrected chi connectivity index (χ2v) is 10.6. The Morgan fingerprint density at radius 2 is 1.58 bits per heavy atom. The van der Waals surface area contributed by atoms with Crippen molar-refractivity contribution in [3.05, 3.63) is 0 Å². The molecule has 2 fully saturated rings. The lowest BCUT2D eigenvalue weighted by atomic mass is 9.68. The average molecular weight is 363 g/mol. The van der Waals surface area contributed by atoms with Crippen LogP contribution in [0.4, 0.5) is 0 Å². The van der Waals surface area contributed by atoms with Gasteiger partial charge in [-0.25, -0.2) is 0 Å². The Bertz CT molecular complexity index is 364. The van der Waals surface area contributed by atoms with E-state index in [2.05, 4.69) is 41.5 Å². The molecule has 0 N–H and O–H groups in total. The molecule has 0 spiro atoms. The highest BCUT2D eigenvalue weighted by Gasteiger charge is 2.43. The number of unbranched alkanes of at least 4 members (excludes halogenated alkanes) is 3. The molecule has 0 amide bonds. The van der Waals surface area contributed by atoms with Crippen molar-refractivity contribution < 1.29 is 0 Å². The SMILES string of the molecule is CCCCCCC(CC)CC1CC(C)C(C(C)C2CCC(C)CC2)C1C. The van der Waals surface area contributed by atoms with Gasteiger partial charge < -0.3 is 0 Å². The minimum Gasteiger partial charge on any atom is -0.0654 e. The molecule has 154 valence electrons. The molecule has 0 nitrogen and oxygen atoms in total. The van der Waals surface area contributed by atoms with E-state index >= 15 is 0 Å². The smallest absolute Gasteiger partial charge is 0.0332 e. The first kappa shape index (κ1) is 22.3. The maximum absolute atomic E-state index is 2.63. The highest BCUT2D eigenvalue weighted by Crippen LogP contribution is 2.51. The molecule has 0 heteroatoms. The minimum absolute atomic E-state index is 0.960. The van der Waals surface area contributed by atoms with Crippen molar-refractivity contribution in [1.82, 2.24) is 0 Å². The van der Waals surface area contributed by atoms with Gasteiger partial charge in [-0.3, -0.25) is 0 Å². The fourth-order valence-corrected chi connectivity index (χ4v) is 6.89. The molecule has 0 saturated heterocycles. The molecule has 0 aromatic rings. The Balaban J connectivity index is 1.86. The fraction of sp³-hybridized carbons (Fsp3) is 1.00. The standard InChI is InChI=1S/C26H50/c1-7-9-10-11-12-23(8-2)18-25-17-20(4)26(22(25)6)21(5)24-15-13-19(3)14-16-24/h19-26H,7-18H2,1-6H3. The van der Waals surface area contributed by atoms with E-state index in [0.29, 0.717) is 0 Å². The summed E-state index contributed by atoms with van der Waals surface area (Å²) in [5, 5.41) is 0. The predicted molar refractivity (Wildman–Crippen MR) is 117 cm³/mol. The predicted octanol–water partition coefficient (Wildman–Crippen LogP) is 8.74. The van der Waals surface area contributed by atoms with Gasteiger partial charge in [0.2, 0.25) is 0 Å². The van der Waals surface area contributed by atoms with Crippen molar-refractivity contribution in [3.63, 3.8) is 0 Å². The number of rotatable bonds is 10. The summed E-state index contributed by atoms with van der Waals surface area (Å²) in [7, 11) is 0. The lowest BCUT2D eigenvalue weighted by molar-refractivity contribution is 0.118. The lowest BCUT2D eigenvalue weighted by Gasteiger charge is -2.38. The highest BCUT2D eigenvalue weighted by molar-refractivity contribution is 4.92. The van der Waals surface area contributed by atoms with Gasteiger partial charge in [0.1, 0.15) is 0 Å². The Hall–Kier alpha value is 0. The van der Waals surface area contributed by atoms with E-state index in [-0.39, 0.29) is 0 Å². The second-order valence-electron chi connectivity index (χ2n) is 10.6. The Morgan fingerprint density at radius 3 is 2.19 bits per heavy atom. The minimum atomic E-state index is 0.960. The van der Waals surface area contributed by atoms with Crippen molar-refractivity contribution in [2.45, 2.75) is 119 Å². The van der Waals surface area contributed by atoms with E-state index in [1.54, 1.807) is 0 Å². The monoisotopic (exact) mass is 362 g/mol. The first-order valence-corrected chi connectivity index (χ1v) is 12.5. The van der Waals surface area contributed by atoms with Crippen molar-refractivity contribution in [3.8, 4) is 0 Å². The summed E-state index contributed by atoms with van der Waals surface area (Å²) in [6, 6.07) is 0. The van der Waals surface area contributed by atoms with E-state index in [1.807, 2.05) is 0 Å². The van der Waals surface area contributed by atoms with Crippen LogP contribution in [0.1, 0.15) is 119 Å². The van der Waals surface area contributed by atoms with Gasteiger partial charge in [-0.15, -0.1) is 0 Å². The van der Waals surface area contributed by atoms with Crippen molar-refractivity contribution >= 4 is 0 Å². The summed E-state index contributed by atoms with van der Waals surface area (Å²) in [6.07, 6.45) is 17.7. The topological polar surface area (TPSA) is 0 Å². The van der Waals surface area contributed by atoms with Gasteiger partial charge in [-0.2, -0.15) is 0 Å². The maximum atomic E-state index is 2.63. The first-order chi connectivity index (χ1) is 12.5. The van der Waals surface area contributed by atoms with E-state index in [4.69, 9.17) is 0 Å². The quantitative estimate of drug-likeness (QED) is 0.341. The summed E-state index contributed by atoms with van der Waals surface area (Å²) in [4.78, 5) is 0. The number of hydrogen-bond donors (Lipinski definition) is 0. The molecule has 2 aliphatic carbocycles. The van der Waals surface area contributed by atoms with E-state index < -0.39 is 0 Å². The normalized spacial score (nSPS) is 37.6. The molecule has 2 aliphatic rings. The largest absolute Gasteiger partial charge is 0.0654 e. The van der Waals surface area contributed by atoms with Gasteiger partial charge in [0.05, 0.1) is 0 Å². The van der Waals surface area contributed by atoms with Crippen molar-refractivity contribution in [2.24, 2.45) is 47.3 Å². The Kier molecular flexibility index (Phi) is 9.53. The molecule has 2 rings (SSSR count). The van der Waals surface area contributed by atoms with Gasteiger partial charge in [-0.05, 0) is 73.0 Å². The zero-order valence-electron chi connectivity index (χ0n) is 19.1. The third kappa shape index (κ3) is 6.00. The van der Waals surface area contributed by atoms with Crippen molar-refractivity contribution in [1.29, 1.82) is 0 Å². The summed E-state index contributed by atoms with van der Waals surface area (Å²) in [5.41, 5.74) is 0. The molecular formula is C26H50. The third-order valence-electron chi connectivity index (χ3n) is 8.77. The lowest BCUT2D eigenvalue weighted by Crippen LogP contribution is -2.30. The van der Waals surface area contributed by atoms with Crippen LogP contribution in [0.5, 0.6) is 0 Å². The van der Waals surface area contributed by atoms with Crippen LogP contribution in [0.3, 0.4) is 0 Å². The molecule has 2 saturated carbocycles. The van der Waals surface area contributed by atoms with Crippen LogP contribution >= 0.6 is 0 Å². The molecular weight excluding hydrogens is 312 g/mol. The van der Waals surface area contributed by atoms with E-state index in [9.17, 15) is 0 Å². The summed E-state index contributed by atoms with van der Waals surface area (Å²) in [5.74, 6) is 7.90. The molecule has 6 unspecified atom stereocenters. The van der Waals surface area contributed by atoms with Gasteiger partial charge >= 0.3 is 0 Å². The van der Waals surface area contributed by atoms with Gasteiger partial charge in [0.15, 0.2) is 0 Å². The summed E-state index contributed by atoms with van der Waals surface area (Å²) < 4.78 is 0. The molecule has 0 heterocycles. The van der Waals surface area contributed by atoms with Crippen LogP contribution in [0.15, 0.2) is 0 Å². The van der Waals surface area contributed by atoms with Crippen LogP contribution in [-0.4, -0.2) is 0 Å². The maximum Gasteiger partial charge on any atom is -0.0332 e. The second kappa shape index (κ2) is 11.1. The summed E-state index contributed by atoms with van der Waals surface area (Å²) >= 11 is 0. The Labute approximate surface area is 166 Å². The van der Waals surface area contributed by atoms with Crippen LogP contribution in [0, 0.1) is 47.3 Å². The molecule has 0 aromatic heterocycles. The fourth-order valence-electron chi connectivity index (χ4n) is 6.89. The third-order valence-corrected chi connectivity index (χ3v) is 8.77. The van der Waals surface area contributed by atoms with Crippen LogP contribution in [-0.2, 0) is 0 Å². The molecule has 0 aliphatic heterocycles. The van der Waals surface area contributed by atoms with E-state index in [0.717, 1.165) is 47.3 Å². The zero-order chi connectivity index (χ0) is 19.1. The van der Waals surface area contributed by atoms with Crippen molar-refractivity contribution in [2.75, 3.05) is 0 Å². The van der Waals surface area contributed by atoms with Crippen LogP contribution in [0.2, 0.25) is 0 Å². The van der Waals surface area contributed by atoms with E-state index in [1.165, 1.54) is 77.0 Å². The molecule has 0 aromatic carbocycles. The Morgan fingerprint density at radius 1 is 0.885 bits per heavy atom. The van der Waals surface area contributed by atoms with Crippen LogP contribution < -0.4 is 0 Å². The van der Waals surface area contributed by atoms with Crippen LogP contribution in [0.25, 0.3) is 0 Å². The molecule has 0 bridgehead atoms. The highest BCUT2D eigenvalue weighted by atomic mass is 14.5. The molecule has 6 atom stereocenters. The number of hydrogen-bond acceptors (Lipinski definition) is 0. The average Bonchev–Trinajstić information content (AvgIpc) is 2.91. The van der Waals surface area contributed by atoms with Gasteiger partial charge in [-0.1, -0.05) is 92.9 Å². The summed E-state index contributed by atoms with van der Waals surface area (Å²) in [6.45, 7) is 15.1. The molecule has 0 radical (unpaired) electrons. The molecule has 26 heavy (non-hydrogen) atoms. The first-order valence-electron chi connectivity index (χ1n) is 12.5.